The van der Waals surface area contributed by atoms with Crippen molar-refractivity contribution in [3.8, 4) is 0 Å². The molecule has 0 spiro atoms. The van der Waals surface area contributed by atoms with Gasteiger partial charge in [0.25, 0.3) is 0 Å². The number of nitrogens with zero attached hydrogens (tertiary/aromatic N) is 2. The van der Waals surface area contributed by atoms with E-state index >= 15 is 0 Å². The fourth-order valence-electron chi connectivity index (χ4n) is 1.18. The van der Waals surface area contributed by atoms with Crippen LogP contribution in [-0.4, -0.2) is 16.5 Å². The Kier molecular flexibility index (Phi) is 2.50. The van der Waals surface area contributed by atoms with E-state index in [1.807, 2.05) is 0 Å². The first kappa shape index (κ1) is 10.1. The summed E-state index contributed by atoms with van der Waals surface area (Å²) < 4.78 is 4.89. The maximum Gasteiger partial charge on any atom is 0.433 e. The highest BCUT2D eigenvalue weighted by Gasteiger charge is 2.12. The van der Waals surface area contributed by atoms with Gasteiger partial charge in [0.05, 0.1) is 18.2 Å². The average Bonchev–Trinajstić information content (AvgIpc) is 2.83. The third-order valence-electron chi connectivity index (χ3n) is 1.90. The summed E-state index contributed by atoms with van der Waals surface area (Å²) in [5.74, 6) is -0.152. The van der Waals surface area contributed by atoms with Crippen molar-refractivity contribution in [1.29, 1.82) is 0 Å². The van der Waals surface area contributed by atoms with Crippen LogP contribution in [0, 0.1) is 10.1 Å². The van der Waals surface area contributed by atoms with Crippen LogP contribution in [0.1, 0.15) is 12.2 Å². The Labute approximate surface area is 89.6 Å². The first-order valence-electron chi connectivity index (χ1n) is 4.43. The molecule has 1 aromatic rings. The van der Waals surface area contributed by atoms with Gasteiger partial charge in [0.1, 0.15) is 10.7 Å². The van der Waals surface area contributed by atoms with Crippen molar-refractivity contribution in [2.24, 2.45) is 5.10 Å². The molecular weight excluding hydrogens is 214 g/mol. The normalized spacial score (nSPS) is 15.2. The van der Waals surface area contributed by atoms with Gasteiger partial charge in [0, 0.05) is 0 Å². The summed E-state index contributed by atoms with van der Waals surface area (Å²) in [6.45, 7) is 0. The molecule has 0 fully saturated rings. The Balaban J connectivity index is 2.06. The highest BCUT2D eigenvalue weighted by molar-refractivity contribution is 6.11. The number of hydrogen-bond donors (Lipinski definition) is 1. The number of carbonyl (C=O) groups is 1. The van der Waals surface area contributed by atoms with Crippen LogP contribution in [0.2, 0.25) is 0 Å². The Bertz CT molecular complexity index is 501. The quantitative estimate of drug-likeness (QED) is 0.609. The molecule has 1 aliphatic heterocycles. The minimum atomic E-state index is -0.616. The van der Waals surface area contributed by atoms with E-state index in [1.54, 1.807) is 6.08 Å². The second-order valence-corrected chi connectivity index (χ2v) is 3.08. The van der Waals surface area contributed by atoms with Crippen LogP contribution in [0.3, 0.4) is 0 Å². The van der Waals surface area contributed by atoms with E-state index in [1.165, 1.54) is 18.2 Å². The van der Waals surface area contributed by atoms with Crippen LogP contribution in [0.25, 0.3) is 6.08 Å². The Hall–Kier alpha value is -2.44. The number of nitrogens with one attached hydrogen (secondary N) is 1. The highest BCUT2D eigenvalue weighted by Crippen LogP contribution is 2.16. The SMILES string of the molecule is O=C1CC(C=Cc2ccc([N+](=O)[O-])o2)=NN1. The topological polar surface area (TPSA) is 97.7 Å². The maximum absolute atomic E-state index is 10.8. The van der Waals surface area contributed by atoms with Gasteiger partial charge in [0.15, 0.2) is 0 Å². The largest absolute Gasteiger partial charge is 0.433 e. The minimum absolute atomic E-state index is 0.176. The molecule has 2 rings (SSSR count). The molecule has 0 radical (unpaired) electrons. The van der Waals surface area contributed by atoms with Crippen molar-refractivity contribution in [1.82, 2.24) is 5.43 Å². The van der Waals surface area contributed by atoms with E-state index in [4.69, 9.17) is 4.42 Å². The van der Waals surface area contributed by atoms with E-state index in [-0.39, 0.29) is 18.2 Å². The molecule has 1 amide bonds. The van der Waals surface area contributed by atoms with Crippen LogP contribution in [0.15, 0.2) is 27.7 Å². The molecule has 0 unspecified atom stereocenters. The van der Waals surface area contributed by atoms with Crippen molar-refractivity contribution in [3.63, 3.8) is 0 Å². The Morgan fingerprint density at radius 3 is 2.88 bits per heavy atom. The number of hydrazone groups is 1. The fraction of sp³-hybridized carbons (Fsp3) is 0.111. The molecule has 7 heteroatoms. The van der Waals surface area contributed by atoms with Gasteiger partial charge in [-0.25, -0.2) is 5.43 Å². The number of hydrogen-bond acceptors (Lipinski definition) is 5. The summed E-state index contributed by atoms with van der Waals surface area (Å²) in [6, 6.07) is 2.74. The molecule has 0 aliphatic carbocycles. The molecule has 0 bridgehead atoms. The predicted octanol–water partition coefficient (Wildman–Crippen LogP) is 1.08. The molecule has 0 atom stereocenters. The predicted molar refractivity (Wildman–Crippen MR) is 54.6 cm³/mol. The van der Waals surface area contributed by atoms with Gasteiger partial charge >= 0.3 is 5.88 Å². The third-order valence-corrected chi connectivity index (χ3v) is 1.90. The van der Waals surface area contributed by atoms with Crippen molar-refractivity contribution in [3.05, 3.63) is 34.1 Å². The molecular formula is C9H7N3O4. The second kappa shape index (κ2) is 3.97. The smallest absolute Gasteiger partial charge is 0.401 e. The minimum Gasteiger partial charge on any atom is -0.401 e. The third kappa shape index (κ3) is 2.14. The zero-order valence-electron chi connectivity index (χ0n) is 8.04. The Morgan fingerprint density at radius 1 is 1.50 bits per heavy atom. The zero-order chi connectivity index (χ0) is 11.5. The molecule has 1 aromatic heterocycles. The van der Waals surface area contributed by atoms with E-state index < -0.39 is 4.92 Å². The molecule has 1 N–H and O–H groups in total. The molecule has 16 heavy (non-hydrogen) atoms. The van der Waals surface area contributed by atoms with Gasteiger partial charge in [-0.2, -0.15) is 5.10 Å². The molecule has 7 nitrogen and oxygen atoms in total. The number of amides is 1. The van der Waals surface area contributed by atoms with Gasteiger partial charge in [-0.05, 0) is 18.2 Å². The van der Waals surface area contributed by atoms with E-state index in [0.717, 1.165) is 0 Å². The number of nitro groups is 1. The average molecular weight is 221 g/mol. The summed E-state index contributed by atoms with van der Waals surface area (Å²) in [6.07, 6.45) is 3.30. The first-order chi connectivity index (χ1) is 7.65. The lowest BCUT2D eigenvalue weighted by Gasteiger charge is -1.85. The van der Waals surface area contributed by atoms with Crippen molar-refractivity contribution < 1.29 is 14.1 Å². The summed E-state index contributed by atoms with van der Waals surface area (Å²) in [4.78, 5) is 20.5. The molecule has 0 aromatic carbocycles. The van der Waals surface area contributed by atoms with Gasteiger partial charge in [-0.1, -0.05) is 0 Å². The van der Waals surface area contributed by atoms with E-state index in [2.05, 4.69) is 10.5 Å². The number of allylic oxidation sites excluding steroid dienone is 1. The zero-order valence-corrected chi connectivity index (χ0v) is 8.04. The lowest BCUT2D eigenvalue weighted by molar-refractivity contribution is -0.402. The van der Waals surface area contributed by atoms with Crippen molar-refractivity contribution >= 4 is 23.6 Å². The molecule has 0 saturated carbocycles. The Morgan fingerprint density at radius 2 is 2.31 bits per heavy atom. The molecule has 1 aliphatic rings. The standard InChI is InChI=1S/C9H7N3O4/c13-8-5-6(10-11-8)1-2-7-3-4-9(16-7)12(14)15/h1-4H,5H2,(H,11,13). The van der Waals surface area contributed by atoms with Gasteiger partial charge in [-0.3, -0.25) is 14.9 Å². The highest BCUT2D eigenvalue weighted by atomic mass is 16.6. The molecule has 2 heterocycles. The monoisotopic (exact) mass is 221 g/mol. The summed E-state index contributed by atoms with van der Waals surface area (Å²) in [7, 11) is 0. The molecule has 0 saturated heterocycles. The van der Waals surface area contributed by atoms with E-state index in [9.17, 15) is 14.9 Å². The number of rotatable bonds is 3. The summed E-state index contributed by atoms with van der Waals surface area (Å²) in [5.41, 5.74) is 2.85. The first-order valence-corrected chi connectivity index (χ1v) is 4.43. The van der Waals surface area contributed by atoms with Crippen LogP contribution in [-0.2, 0) is 4.79 Å². The lowest BCUT2D eigenvalue weighted by atomic mass is 10.2. The maximum atomic E-state index is 10.8. The van der Waals surface area contributed by atoms with Crippen LogP contribution < -0.4 is 5.43 Å². The second-order valence-electron chi connectivity index (χ2n) is 3.08. The van der Waals surface area contributed by atoms with Gasteiger partial charge < -0.3 is 4.42 Å². The number of carbonyl (C=O) groups excluding carboxylic acids is 1. The van der Waals surface area contributed by atoms with Crippen molar-refractivity contribution in [2.75, 3.05) is 0 Å². The van der Waals surface area contributed by atoms with E-state index in [0.29, 0.717) is 11.5 Å². The van der Waals surface area contributed by atoms with Gasteiger partial charge in [0.2, 0.25) is 5.91 Å². The van der Waals surface area contributed by atoms with Crippen LogP contribution in [0.5, 0.6) is 0 Å². The molecule has 82 valence electrons. The van der Waals surface area contributed by atoms with Crippen LogP contribution in [0.4, 0.5) is 5.88 Å². The van der Waals surface area contributed by atoms with Crippen LogP contribution >= 0.6 is 0 Å². The lowest BCUT2D eigenvalue weighted by Crippen LogP contribution is -2.08. The fourth-order valence-corrected chi connectivity index (χ4v) is 1.18. The summed E-state index contributed by atoms with van der Waals surface area (Å²) >= 11 is 0. The summed E-state index contributed by atoms with van der Waals surface area (Å²) in [5, 5.41) is 14.1. The van der Waals surface area contributed by atoms with Crippen molar-refractivity contribution in [2.45, 2.75) is 6.42 Å². The van der Waals surface area contributed by atoms with Gasteiger partial charge in [-0.15, -0.1) is 0 Å². The number of furan rings is 1.